The van der Waals surface area contributed by atoms with E-state index in [1.54, 1.807) is 4.68 Å². The minimum absolute atomic E-state index is 0.256. The van der Waals surface area contributed by atoms with E-state index in [2.05, 4.69) is 20.5 Å². The molecule has 0 fully saturated rings. The lowest BCUT2D eigenvalue weighted by Gasteiger charge is -2.10. The van der Waals surface area contributed by atoms with Crippen LogP contribution in [0.4, 0.5) is 0 Å². The van der Waals surface area contributed by atoms with Crippen molar-refractivity contribution in [3.05, 3.63) is 60.2 Å². The maximum absolute atomic E-state index is 6.19. The van der Waals surface area contributed by atoms with Crippen molar-refractivity contribution in [2.75, 3.05) is 0 Å². The maximum Gasteiger partial charge on any atom is 0.173 e. The summed E-state index contributed by atoms with van der Waals surface area (Å²) < 4.78 is 1.67. The van der Waals surface area contributed by atoms with Crippen LogP contribution in [0, 0.1) is 0 Å². The molecule has 19 heavy (non-hydrogen) atoms. The summed E-state index contributed by atoms with van der Waals surface area (Å²) in [5.74, 6) is 0.654. The highest BCUT2D eigenvalue weighted by molar-refractivity contribution is 5.31. The zero-order chi connectivity index (χ0) is 13.1. The molecule has 2 heterocycles. The molecule has 6 heteroatoms. The quantitative estimate of drug-likeness (QED) is 0.733. The van der Waals surface area contributed by atoms with E-state index in [1.165, 1.54) is 0 Å². The second-order valence-electron chi connectivity index (χ2n) is 4.29. The molecular weight excluding hydrogens is 240 g/mol. The Morgan fingerprint density at radius 2 is 2.00 bits per heavy atom. The molecule has 1 aromatic carbocycles. The van der Waals surface area contributed by atoms with E-state index in [-0.39, 0.29) is 6.04 Å². The lowest BCUT2D eigenvalue weighted by molar-refractivity contribution is 0.629. The van der Waals surface area contributed by atoms with E-state index < -0.39 is 0 Å². The van der Waals surface area contributed by atoms with Gasteiger partial charge in [-0.1, -0.05) is 18.2 Å². The number of tetrazole rings is 1. The number of nitrogens with zero attached hydrogens (tertiary/aromatic N) is 4. The molecule has 2 aromatic heterocycles. The number of hydrogen-bond acceptors (Lipinski definition) is 4. The van der Waals surface area contributed by atoms with Gasteiger partial charge in [-0.15, -0.1) is 5.10 Å². The van der Waals surface area contributed by atoms with Gasteiger partial charge in [-0.25, -0.2) is 0 Å². The molecule has 0 saturated carbocycles. The van der Waals surface area contributed by atoms with Crippen LogP contribution in [0.1, 0.15) is 17.6 Å². The normalized spacial score (nSPS) is 12.5. The predicted octanol–water partition coefficient (Wildman–Crippen LogP) is 1.23. The van der Waals surface area contributed by atoms with Gasteiger partial charge in [0, 0.05) is 18.3 Å². The van der Waals surface area contributed by atoms with Crippen molar-refractivity contribution in [2.24, 2.45) is 5.73 Å². The zero-order valence-electron chi connectivity index (χ0n) is 10.3. The minimum Gasteiger partial charge on any atom is -0.365 e. The number of H-pyrrole nitrogens is 1. The van der Waals surface area contributed by atoms with Crippen LogP contribution in [0.2, 0.25) is 0 Å². The Morgan fingerprint density at radius 3 is 2.74 bits per heavy atom. The van der Waals surface area contributed by atoms with Gasteiger partial charge in [0.2, 0.25) is 0 Å². The Morgan fingerprint density at radius 1 is 1.16 bits per heavy atom. The van der Waals surface area contributed by atoms with Crippen molar-refractivity contribution in [2.45, 2.75) is 12.5 Å². The number of nitrogens with two attached hydrogens (primary N) is 1. The number of hydrogen-bond donors (Lipinski definition) is 2. The van der Waals surface area contributed by atoms with E-state index in [9.17, 15) is 0 Å². The zero-order valence-corrected chi connectivity index (χ0v) is 10.3. The number of aromatic amines is 1. The molecule has 0 aliphatic carbocycles. The first kappa shape index (κ1) is 11.6. The van der Waals surface area contributed by atoms with Crippen molar-refractivity contribution in [1.29, 1.82) is 0 Å². The van der Waals surface area contributed by atoms with Crippen LogP contribution in [0.3, 0.4) is 0 Å². The van der Waals surface area contributed by atoms with Gasteiger partial charge in [0.1, 0.15) is 0 Å². The van der Waals surface area contributed by atoms with E-state index in [1.807, 2.05) is 48.7 Å². The number of nitrogens with one attached hydrogen (secondary N) is 1. The molecule has 0 spiro atoms. The number of para-hydroxylation sites is 1. The Bertz CT molecular complexity index is 628. The van der Waals surface area contributed by atoms with Gasteiger partial charge in [0.15, 0.2) is 5.82 Å². The summed E-state index contributed by atoms with van der Waals surface area (Å²) in [7, 11) is 0. The van der Waals surface area contributed by atoms with Crippen LogP contribution in [-0.4, -0.2) is 25.2 Å². The monoisotopic (exact) mass is 254 g/mol. The fraction of sp³-hybridized carbons (Fsp3) is 0.154. The van der Waals surface area contributed by atoms with Crippen LogP contribution in [0.5, 0.6) is 0 Å². The van der Waals surface area contributed by atoms with E-state index in [4.69, 9.17) is 5.73 Å². The number of aromatic nitrogens is 5. The van der Waals surface area contributed by atoms with Crippen molar-refractivity contribution in [1.82, 2.24) is 25.2 Å². The summed E-state index contributed by atoms with van der Waals surface area (Å²) in [5, 5.41) is 11.8. The Kier molecular flexibility index (Phi) is 3.07. The highest BCUT2D eigenvalue weighted by Gasteiger charge is 2.16. The van der Waals surface area contributed by atoms with Crippen molar-refractivity contribution >= 4 is 0 Å². The third kappa shape index (κ3) is 2.38. The molecule has 0 aliphatic heterocycles. The summed E-state index contributed by atoms with van der Waals surface area (Å²) in [5.41, 5.74) is 8.16. The van der Waals surface area contributed by atoms with E-state index in [0.717, 1.165) is 11.4 Å². The third-order valence-corrected chi connectivity index (χ3v) is 2.93. The molecule has 1 atom stereocenters. The lowest BCUT2D eigenvalue weighted by Crippen LogP contribution is -2.19. The molecule has 0 bridgehead atoms. The van der Waals surface area contributed by atoms with Crippen molar-refractivity contribution in [3.8, 4) is 5.69 Å². The topological polar surface area (TPSA) is 85.4 Å². The average molecular weight is 254 g/mol. The van der Waals surface area contributed by atoms with Gasteiger partial charge in [-0.05, 0) is 34.7 Å². The van der Waals surface area contributed by atoms with Crippen LogP contribution in [0.25, 0.3) is 5.69 Å². The van der Waals surface area contributed by atoms with Gasteiger partial charge in [0.25, 0.3) is 0 Å². The van der Waals surface area contributed by atoms with Gasteiger partial charge in [-0.2, -0.15) is 4.68 Å². The standard InChI is InChI=1S/C13H14N6/c14-12(9-10-5-4-8-15-10)13-16-17-18-19(13)11-6-2-1-3-7-11/h1-8,12,15H,9,14H2. The second kappa shape index (κ2) is 5.03. The molecule has 6 nitrogen and oxygen atoms in total. The van der Waals surface area contributed by atoms with Gasteiger partial charge in [-0.3, -0.25) is 0 Å². The first-order valence-corrected chi connectivity index (χ1v) is 6.06. The smallest absolute Gasteiger partial charge is 0.173 e. The maximum atomic E-state index is 6.19. The first-order valence-electron chi connectivity index (χ1n) is 6.06. The number of benzene rings is 1. The molecule has 96 valence electrons. The van der Waals surface area contributed by atoms with Crippen LogP contribution in [0.15, 0.2) is 48.7 Å². The molecule has 3 rings (SSSR count). The summed E-state index contributed by atoms with van der Waals surface area (Å²) in [6.45, 7) is 0. The van der Waals surface area contributed by atoms with Gasteiger partial charge >= 0.3 is 0 Å². The van der Waals surface area contributed by atoms with Gasteiger partial charge in [0.05, 0.1) is 11.7 Å². The number of rotatable bonds is 4. The summed E-state index contributed by atoms with van der Waals surface area (Å²) in [6.07, 6.45) is 2.54. The molecule has 0 aliphatic rings. The van der Waals surface area contributed by atoms with Crippen LogP contribution < -0.4 is 5.73 Å². The fourth-order valence-corrected chi connectivity index (χ4v) is 2.00. The molecule has 3 N–H and O–H groups in total. The highest BCUT2D eigenvalue weighted by Crippen LogP contribution is 2.15. The molecular formula is C13H14N6. The lowest BCUT2D eigenvalue weighted by atomic mass is 10.1. The molecule has 0 amide bonds. The highest BCUT2D eigenvalue weighted by atomic mass is 15.5. The molecule has 3 aromatic rings. The predicted molar refractivity (Wildman–Crippen MR) is 70.6 cm³/mol. The van der Waals surface area contributed by atoms with E-state index in [0.29, 0.717) is 12.2 Å². The largest absolute Gasteiger partial charge is 0.365 e. The fourth-order valence-electron chi connectivity index (χ4n) is 2.00. The van der Waals surface area contributed by atoms with Crippen LogP contribution in [-0.2, 0) is 6.42 Å². The van der Waals surface area contributed by atoms with Gasteiger partial charge < -0.3 is 10.7 Å². The van der Waals surface area contributed by atoms with Crippen LogP contribution >= 0.6 is 0 Å². The SMILES string of the molecule is NC(Cc1ccc[nH]1)c1nnnn1-c1ccccc1. The minimum atomic E-state index is -0.256. The first-order chi connectivity index (χ1) is 9.34. The third-order valence-electron chi connectivity index (χ3n) is 2.93. The Labute approximate surface area is 110 Å². The molecule has 0 radical (unpaired) electrons. The summed E-state index contributed by atoms with van der Waals surface area (Å²) in [4.78, 5) is 3.13. The second-order valence-corrected chi connectivity index (χ2v) is 4.29. The summed E-state index contributed by atoms with van der Waals surface area (Å²) in [6, 6.07) is 13.4. The molecule has 1 unspecified atom stereocenters. The average Bonchev–Trinajstić information content (AvgIpc) is 3.10. The van der Waals surface area contributed by atoms with Crippen molar-refractivity contribution < 1.29 is 0 Å². The Balaban J connectivity index is 1.88. The summed E-state index contributed by atoms with van der Waals surface area (Å²) >= 11 is 0. The molecule has 0 saturated heterocycles. The van der Waals surface area contributed by atoms with E-state index >= 15 is 0 Å². The Hall–Kier alpha value is -2.47. The van der Waals surface area contributed by atoms with Crippen molar-refractivity contribution in [3.63, 3.8) is 0 Å².